The number of rotatable bonds is 9. The van der Waals surface area contributed by atoms with Crippen molar-refractivity contribution >= 4 is 11.9 Å². The van der Waals surface area contributed by atoms with Crippen LogP contribution in [-0.4, -0.2) is 35.0 Å². The van der Waals surface area contributed by atoms with Crippen LogP contribution in [-0.2, 0) is 22.4 Å². The van der Waals surface area contributed by atoms with E-state index >= 15 is 0 Å². The molecule has 34 heavy (non-hydrogen) atoms. The zero-order valence-corrected chi connectivity index (χ0v) is 19.5. The minimum Gasteiger partial charge on any atom is -0.482 e. The van der Waals surface area contributed by atoms with Gasteiger partial charge in [-0.05, 0) is 60.4 Å². The summed E-state index contributed by atoms with van der Waals surface area (Å²) in [6.07, 6.45) is 2.95. The van der Waals surface area contributed by atoms with Crippen molar-refractivity contribution in [3.05, 3.63) is 101 Å². The summed E-state index contributed by atoms with van der Waals surface area (Å²) in [5.74, 6) is 0.0684. The Labute approximate surface area is 201 Å². The van der Waals surface area contributed by atoms with Gasteiger partial charge in [-0.2, -0.15) is 0 Å². The number of hydrogen-bond donors (Lipinski definition) is 1. The molecule has 0 spiro atoms. The summed E-state index contributed by atoms with van der Waals surface area (Å²) < 4.78 is 5.49. The SMILES string of the molecule is CCN(C(=O)CC1CCc2c(cccc2OCC(=O)O)C1)C(c1ccccc1)c1ccccc1. The van der Waals surface area contributed by atoms with E-state index in [2.05, 4.69) is 30.3 Å². The lowest BCUT2D eigenvalue weighted by Crippen LogP contribution is -2.37. The van der Waals surface area contributed by atoms with Gasteiger partial charge in [0.25, 0.3) is 0 Å². The van der Waals surface area contributed by atoms with Gasteiger partial charge in [-0.3, -0.25) is 4.79 Å². The summed E-state index contributed by atoms with van der Waals surface area (Å²) in [6, 6.07) is 26.1. The van der Waals surface area contributed by atoms with E-state index in [9.17, 15) is 9.59 Å². The molecule has 1 atom stereocenters. The number of carboxylic acid groups (broad SMARTS) is 1. The van der Waals surface area contributed by atoms with Gasteiger partial charge in [0, 0.05) is 13.0 Å². The second kappa shape index (κ2) is 11.0. The van der Waals surface area contributed by atoms with Gasteiger partial charge in [-0.1, -0.05) is 72.8 Å². The number of aliphatic carboxylic acids is 1. The highest BCUT2D eigenvalue weighted by molar-refractivity contribution is 5.77. The van der Waals surface area contributed by atoms with Crippen LogP contribution < -0.4 is 4.74 Å². The summed E-state index contributed by atoms with van der Waals surface area (Å²) in [5.41, 5.74) is 4.44. The van der Waals surface area contributed by atoms with Crippen LogP contribution in [0.5, 0.6) is 5.75 Å². The van der Waals surface area contributed by atoms with Crippen molar-refractivity contribution in [2.75, 3.05) is 13.2 Å². The number of carbonyl (C=O) groups is 2. The van der Waals surface area contributed by atoms with Crippen LogP contribution in [0.4, 0.5) is 0 Å². The first-order valence-electron chi connectivity index (χ1n) is 11.9. The largest absolute Gasteiger partial charge is 0.482 e. The lowest BCUT2D eigenvalue weighted by Gasteiger charge is -2.34. The van der Waals surface area contributed by atoms with E-state index in [0.29, 0.717) is 18.7 Å². The molecule has 3 aromatic rings. The Balaban J connectivity index is 1.51. The second-order valence-electron chi connectivity index (χ2n) is 8.79. The Morgan fingerprint density at radius 2 is 1.62 bits per heavy atom. The van der Waals surface area contributed by atoms with E-state index in [1.807, 2.05) is 60.4 Å². The number of amides is 1. The summed E-state index contributed by atoms with van der Waals surface area (Å²) in [5, 5.41) is 8.94. The first-order chi connectivity index (χ1) is 16.6. The fraction of sp³-hybridized carbons (Fsp3) is 0.310. The summed E-state index contributed by atoms with van der Waals surface area (Å²) >= 11 is 0. The number of benzene rings is 3. The average Bonchev–Trinajstić information content (AvgIpc) is 2.86. The van der Waals surface area contributed by atoms with Gasteiger partial charge >= 0.3 is 5.97 Å². The highest BCUT2D eigenvalue weighted by Crippen LogP contribution is 2.35. The van der Waals surface area contributed by atoms with Gasteiger partial charge in [0.15, 0.2) is 6.61 Å². The van der Waals surface area contributed by atoms with Crippen molar-refractivity contribution in [3.8, 4) is 5.75 Å². The monoisotopic (exact) mass is 457 g/mol. The van der Waals surface area contributed by atoms with Crippen LogP contribution in [0.25, 0.3) is 0 Å². The van der Waals surface area contributed by atoms with Crippen molar-refractivity contribution in [1.29, 1.82) is 0 Å². The van der Waals surface area contributed by atoms with Gasteiger partial charge < -0.3 is 14.7 Å². The molecule has 0 saturated carbocycles. The molecule has 4 rings (SSSR count). The van der Waals surface area contributed by atoms with E-state index < -0.39 is 5.97 Å². The molecule has 3 aromatic carbocycles. The zero-order valence-electron chi connectivity index (χ0n) is 19.5. The fourth-order valence-electron chi connectivity index (χ4n) is 4.99. The number of carboxylic acids is 1. The van der Waals surface area contributed by atoms with Crippen molar-refractivity contribution in [3.63, 3.8) is 0 Å². The predicted octanol–water partition coefficient (Wildman–Crippen LogP) is 5.28. The van der Waals surface area contributed by atoms with E-state index in [1.165, 1.54) is 0 Å². The van der Waals surface area contributed by atoms with Gasteiger partial charge in [-0.25, -0.2) is 4.79 Å². The minimum absolute atomic E-state index is 0.119. The van der Waals surface area contributed by atoms with Crippen LogP contribution in [0.3, 0.4) is 0 Å². The standard InChI is InChI=1S/C29H31NO4/c1-2-30(29(22-10-5-3-6-11-22)23-12-7-4-8-13-23)27(31)19-21-16-17-25-24(18-21)14-9-15-26(25)34-20-28(32)33/h3-15,21,29H,2,16-20H2,1H3,(H,32,33). The van der Waals surface area contributed by atoms with E-state index in [0.717, 1.165) is 41.5 Å². The van der Waals surface area contributed by atoms with E-state index in [4.69, 9.17) is 9.84 Å². The second-order valence-corrected chi connectivity index (χ2v) is 8.79. The third kappa shape index (κ3) is 5.48. The number of carbonyl (C=O) groups excluding carboxylic acids is 1. The van der Waals surface area contributed by atoms with Crippen LogP contribution in [0.1, 0.15) is 48.1 Å². The van der Waals surface area contributed by atoms with Gasteiger partial charge in [0.1, 0.15) is 5.75 Å². The summed E-state index contributed by atoms with van der Waals surface area (Å²) in [6.45, 7) is 2.33. The molecule has 1 N–H and O–H groups in total. The smallest absolute Gasteiger partial charge is 0.341 e. The molecule has 0 radical (unpaired) electrons. The third-order valence-corrected chi connectivity index (χ3v) is 6.56. The predicted molar refractivity (Wildman–Crippen MR) is 132 cm³/mol. The highest BCUT2D eigenvalue weighted by Gasteiger charge is 2.29. The van der Waals surface area contributed by atoms with Crippen molar-refractivity contribution in [2.45, 2.75) is 38.6 Å². The molecule has 5 heteroatoms. The van der Waals surface area contributed by atoms with Crippen molar-refractivity contribution in [2.24, 2.45) is 5.92 Å². The maximum absolute atomic E-state index is 13.6. The molecular weight excluding hydrogens is 426 g/mol. The molecule has 0 saturated heterocycles. The average molecular weight is 458 g/mol. The van der Waals surface area contributed by atoms with Gasteiger partial charge in [0.05, 0.1) is 6.04 Å². The molecule has 0 fully saturated rings. The number of hydrogen-bond acceptors (Lipinski definition) is 3. The highest BCUT2D eigenvalue weighted by atomic mass is 16.5. The molecular formula is C29H31NO4. The molecule has 1 aliphatic carbocycles. The molecule has 0 aromatic heterocycles. The molecule has 1 aliphatic rings. The molecule has 1 unspecified atom stereocenters. The Kier molecular flexibility index (Phi) is 7.63. The van der Waals surface area contributed by atoms with Gasteiger partial charge in [-0.15, -0.1) is 0 Å². The van der Waals surface area contributed by atoms with Crippen LogP contribution >= 0.6 is 0 Å². The first-order valence-corrected chi connectivity index (χ1v) is 11.9. The third-order valence-electron chi connectivity index (χ3n) is 6.56. The minimum atomic E-state index is -0.983. The Morgan fingerprint density at radius 1 is 0.971 bits per heavy atom. The molecule has 1 amide bonds. The lowest BCUT2D eigenvalue weighted by molar-refractivity contribution is -0.139. The summed E-state index contributed by atoms with van der Waals surface area (Å²) in [7, 11) is 0. The maximum Gasteiger partial charge on any atom is 0.341 e. The Morgan fingerprint density at radius 3 is 2.21 bits per heavy atom. The van der Waals surface area contributed by atoms with Crippen molar-refractivity contribution < 1.29 is 19.4 Å². The first kappa shape index (κ1) is 23.6. The van der Waals surface area contributed by atoms with E-state index in [1.54, 1.807) is 0 Å². The molecule has 176 valence electrons. The summed E-state index contributed by atoms with van der Waals surface area (Å²) in [4.78, 5) is 26.5. The fourth-order valence-corrected chi connectivity index (χ4v) is 4.99. The number of fused-ring (bicyclic) bond motifs is 1. The molecule has 0 bridgehead atoms. The van der Waals surface area contributed by atoms with Crippen molar-refractivity contribution in [1.82, 2.24) is 4.90 Å². The zero-order chi connectivity index (χ0) is 23.9. The molecule has 5 nitrogen and oxygen atoms in total. The van der Waals surface area contributed by atoms with Gasteiger partial charge in [0.2, 0.25) is 5.91 Å². The van der Waals surface area contributed by atoms with Crippen LogP contribution in [0.2, 0.25) is 0 Å². The lowest BCUT2D eigenvalue weighted by atomic mass is 9.81. The Bertz CT molecular complexity index is 1070. The van der Waals surface area contributed by atoms with Crippen LogP contribution in [0.15, 0.2) is 78.9 Å². The Hall–Kier alpha value is -3.60. The van der Waals surface area contributed by atoms with E-state index in [-0.39, 0.29) is 24.5 Å². The molecule has 0 heterocycles. The topological polar surface area (TPSA) is 66.8 Å². The normalized spacial score (nSPS) is 14.9. The molecule has 0 aliphatic heterocycles. The maximum atomic E-state index is 13.6. The quantitative estimate of drug-likeness (QED) is 0.475. The number of nitrogens with zero attached hydrogens (tertiary/aromatic N) is 1. The number of ether oxygens (including phenoxy) is 1. The van der Waals surface area contributed by atoms with Crippen LogP contribution in [0, 0.1) is 5.92 Å².